The van der Waals surface area contributed by atoms with Crippen LogP contribution in [0.5, 0.6) is 23.0 Å². The molecule has 0 aliphatic carbocycles. The van der Waals surface area contributed by atoms with Crippen molar-refractivity contribution in [3.63, 3.8) is 0 Å². The van der Waals surface area contributed by atoms with Gasteiger partial charge in [-0.2, -0.15) is 0 Å². The van der Waals surface area contributed by atoms with Gasteiger partial charge in [-0.05, 0) is 48.9 Å². The van der Waals surface area contributed by atoms with Crippen molar-refractivity contribution in [3.05, 3.63) is 53.6 Å². The predicted octanol–water partition coefficient (Wildman–Crippen LogP) is 3.71. The van der Waals surface area contributed by atoms with Crippen LogP contribution < -0.4 is 14.2 Å². The molecule has 0 fully saturated rings. The van der Waals surface area contributed by atoms with E-state index >= 15 is 0 Å². The zero-order chi connectivity index (χ0) is 18.9. The minimum Gasteiger partial charge on any atom is -0.504 e. The smallest absolute Gasteiger partial charge is 0.185 e. The van der Waals surface area contributed by atoms with Gasteiger partial charge in [-0.1, -0.05) is 18.1 Å². The Morgan fingerprint density at radius 2 is 1.96 bits per heavy atom. The van der Waals surface area contributed by atoms with Crippen LogP contribution in [0.3, 0.4) is 0 Å². The molecule has 0 radical (unpaired) electrons. The maximum Gasteiger partial charge on any atom is 0.185 e. The molecule has 2 rings (SSSR count). The fraction of sp³-hybridized carbons (Fsp3) is 0.190. The van der Waals surface area contributed by atoms with Gasteiger partial charge in [0.05, 0.1) is 13.7 Å². The lowest BCUT2D eigenvalue weighted by atomic mass is 10.1. The molecular formula is C21H20O5. The van der Waals surface area contributed by atoms with E-state index in [9.17, 15) is 9.90 Å². The molecule has 134 valence electrons. The fourth-order valence-electron chi connectivity index (χ4n) is 2.23. The summed E-state index contributed by atoms with van der Waals surface area (Å²) in [5.74, 6) is 3.54. The lowest BCUT2D eigenvalue weighted by molar-refractivity contribution is 0.104. The van der Waals surface area contributed by atoms with E-state index in [0.717, 1.165) is 5.56 Å². The Morgan fingerprint density at radius 1 is 1.15 bits per heavy atom. The van der Waals surface area contributed by atoms with Crippen molar-refractivity contribution in [2.45, 2.75) is 6.92 Å². The molecule has 2 aromatic rings. The van der Waals surface area contributed by atoms with Gasteiger partial charge in [0.25, 0.3) is 0 Å². The molecule has 5 heteroatoms. The normalized spacial score (nSPS) is 10.3. The summed E-state index contributed by atoms with van der Waals surface area (Å²) in [4.78, 5) is 12.3. The van der Waals surface area contributed by atoms with Crippen molar-refractivity contribution >= 4 is 11.9 Å². The molecule has 2 aromatic carbocycles. The lowest BCUT2D eigenvalue weighted by Crippen LogP contribution is -1.99. The summed E-state index contributed by atoms with van der Waals surface area (Å²) in [6, 6.07) is 9.77. The van der Waals surface area contributed by atoms with Crippen LogP contribution in [0.25, 0.3) is 6.08 Å². The third-order valence-electron chi connectivity index (χ3n) is 3.47. The molecule has 0 amide bonds. The highest BCUT2D eigenvalue weighted by molar-refractivity contribution is 6.07. The van der Waals surface area contributed by atoms with E-state index in [1.165, 1.54) is 31.4 Å². The summed E-state index contributed by atoms with van der Waals surface area (Å²) in [5.41, 5.74) is 1.19. The van der Waals surface area contributed by atoms with Gasteiger partial charge in [0.15, 0.2) is 28.8 Å². The number of hydrogen-bond acceptors (Lipinski definition) is 5. The number of aromatic hydroxyl groups is 1. The topological polar surface area (TPSA) is 65.0 Å². The van der Waals surface area contributed by atoms with Gasteiger partial charge in [-0.25, -0.2) is 0 Å². The highest BCUT2D eigenvalue weighted by atomic mass is 16.5. The molecule has 0 heterocycles. The number of carbonyl (C=O) groups excluding carboxylic acids is 1. The zero-order valence-electron chi connectivity index (χ0n) is 14.7. The molecule has 0 aliphatic heterocycles. The number of hydrogen-bond donors (Lipinski definition) is 1. The molecule has 26 heavy (non-hydrogen) atoms. The Labute approximate surface area is 152 Å². The van der Waals surface area contributed by atoms with Crippen LogP contribution in [0, 0.1) is 12.3 Å². The summed E-state index contributed by atoms with van der Waals surface area (Å²) in [7, 11) is 1.43. The van der Waals surface area contributed by atoms with Crippen molar-refractivity contribution in [1.82, 2.24) is 0 Å². The number of phenols is 1. The second kappa shape index (κ2) is 9.19. The highest BCUT2D eigenvalue weighted by Gasteiger charge is 2.08. The molecule has 0 unspecified atom stereocenters. The summed E-state index contributed by atoms with van der Waals surface area (Å²) in [5, 5.41) is 9.60. The number of benzene rings is 2. The Hall–Kier alpha value is -3.39. The summed E-state index contributed by atoms with van der Waals surface area (Å²) < 4.78 is 16.0. The van der Waals surface area contributed by atoms with Crippen LogP contribution in [0.2, 0.25) is 0 Å². The van der Waals surface area contributed by atoms with Gasteiger partial charge >= 0.3 is 0 Å². The molecule has 5 nitrogen and oxygen atoms in total. The van der Waals surface area contributed by atoms with Crippen molar-refractivity contribution in [2.75, 3.05) is 20.3 Å². The van der Waals surface area contributed by atoms with Gasteiger partial charge in [0.2, 0.25) is 0 Å². The minimum absolute atomic E-state index is 0.0167. The van der Waals surface area contributed by atoms with E-state index in [0.29, 0.717) is 23.7 Å². The van der Waals surface area contributed by atoms with Crippen molar-refractivity contribution in [3.8, 4) is 35.3 Å². The minimum atomic E-state index is -0.214. The van der Waals surface area contributed by atoms with E-state index in [1.807, 2.05) is 6.92 Å². The van der Waals surface area contributed by atoms with E-state index < -0.39 is 0 Å². The number of rotatable bonds is 8. The first-order valence-corrected chi connectivity index (χ1v) is 8.01. The molecule has 1 N–H and O–H groups in total. The summed E-state index contributed by atoms with van der Waals surface area (Å²) in [6.07, 6.45) is 8.33. The molecule has 0 saturated carbocycles. The van der Waals surface area contributed by atoms with Gasteiger partial charge in [0, 0.05) is 5.56 Å². The van der Waals surface area contributed by atoms with E-state index in [1.54, 1.807) is 24.3 Å². The van der Waals surface area contributed by atoms with Gasteiger partial charge in [-0.15, -0.1) is 6.42 Å². The number of methoxy groups -OCH3 is 1. The van der Waals surface area contributed by atoms with Crippen LogP contribution in [0.4, 0.5) is 0 Å². The predicted molar refractivity (Wildman–Crippen MR) is 100.0 cm³/mol. The average molecular weight is 352 g/mol. The molecule has 0 aromatic heterocycles. The van der Waals surface area contributed by atoms with Crippen molar-refractivity contribution < 1.29 is 24.1 Å². The molecule has 0 saturated heterocycles. The van der Waals surface area contributed by atoms with Crippen LogP contribution in [0.1, 0.15) is 22.8 Å². The van der Waals surface area contributed by atoms with Crippen LogP contribution in [0.15, 0.2) is 42.5 Å². The van der Waals surface area contributed by atoms with E-state index in [2.05, 4.69) is 5.92 Å². The number of allylic oxidation sites excluding steroid dienone is 1. The number of terminal acetylenes is 1. The first-order chi connectivity index (χ1) is 12.6. The Kier molecular flexibility index (Phi) is 6.69. The fourth-order valence-corrected chi connectivity index (χ4v) is 2.23. The third-order valence-corrected chi connectivity index (χ3v) is 3.47. The van der Waals surface area contributed by atoms with Gasteiger partial charge < -0.3 is 19.3 Å². The van der Waals surface area contributed by atoms with Gasteiger partial charge in [-0.3, -0.25) is 4.79 Å². The molecule has 0 bridgehead atoms. The highest BCUT2D eigenvalue weighted by Crippen LogP contribution is 2.29. The zero-order valence-corrected chi connectivity index (χ0v) is 14.7. The average Bonchev–Trinajstić information content (AvgIpc) is 2.66. The van der Waals surface area contributed by atoms with Crippen LogP contribution in [-0.2, 0) is 0 Å². The van der Waals surface area contributed by atoms with Crippen LogP contribution >= 0.6 is 0 Å². The molecule has 0 atom stereocenters. The van der Waals surface area contributed by atoms with Gasteiger partial charge in [0.1, 0.15) is 6.61 Å². The first-order valence-electron chi connectivity index (χ1n) is 8.01. The number of ketones is 1. The third kappa shape index (κ3) is 4.81. The Balaban J connectivity index is 2.20. The Morgan fingerprint density at radius 3 is 2.65 bits per heavy atom. The first kappa shape index (κ1) is 18.9. The molecule has 0 aliphatic rings. The number of carbonyl (C=O) groups is 1. The SMILES string of the molecule is C#CCOc1ccc(C=CC(=O)c2ccc(O)c(OC)c2)cc1OCC. The van der Waals surface area contributed by atoms with Crippen molar-refractivity contribution in [1.29, 1.82) is 0 Å². The number of phenolic OH excluding ortho intramolecular Hbond substituents is 1. The maximum absolute atomic E-state index is 12.3. The second-order valence-corrected chi connectivity index (χ2v) is 5.22. The largest absolute Gasteiger partial charge is 0.504 e. The molecular weight excluding hydrogens is 332 g/mol. The number of ether oxygens (including phenoxy) is 3. The standard InChI is InChI=1S/C21H20O5/c1-4-12-26-19-11-7-15(13-21(19)25-5-2)6-9-17(22)16-8-10-18(23)20(14-16)24-3/h1,6-11,13-14,23H,5,12H2,2-3H3. The van der Waals surface area contributed by atoms with E-state index in [4.69, 9.17) is 20.6 Å². The maximum atomic E-state index is 12.3. The van der Waals surface area contributed by atoms with Crippen molar-refractivity contribution in [2.24, 2.45) is 0 Å². The second-order valence-electron chi connectivity index (χ2n) is 5.22. The monoisotopic (exact) mass is 352 g/mol. The summed E-state index contributed by atoms with van der Waals surface area (Å²) in [6.45, 7) is 2.50. The molecule has 0 spiro atoms. The van der Waals surface area contributed by atoms with Crippen LogP contribution in [-0.4, -0.2) is 31.2 Å². The van der Waals surface area contributed by atoms with E-state index in [-0.39, 0.29) is 23.9 Å². The quantitative estimate of drug-likeness (QED) is 0.446. The summed E-state index contributed by atoms with van der Waals surface area (Å²) >= 11 is 0. The lowest BCUT2D eigenvalue weighted by Gasteiger charge is -2.11. The Bertz CT molecular complexity index is 846.